The van der Waals surface area contributed by atoms with E-state index in [2.05, 4.69) is 5.32 Å². The average molecular weight is 330 g/mol. The van der Waals surface area contributed by atoms with Crippen molar-refractivity contribution < 1.29 is 9.72 Å². The zero-order chi connectivity index (χ0) is 17.0. The highest BCUT2D eigenvalue weighted by Gasteiger charge is 2.19. The fourth-order valence-electron chi connectivity index (χ4n) is 2.02. The average Bonchev–Trinajstić information content (AvgIpc) is 2.51. The third-order valence-electron chi connectivity index (χ3n) is 3.52. The van der Waals surface area contributed by atoms with Gasteiger partial charge in [-0.3, -0.25) is 14.9 Å². The highest BCUT2D eigenvalue weighted by atomic mass is 32.2. The number of carbonyl (C=O) groups excluding carboxylic acids is 1. The summed E-state index contributed by atoms with van der Waals surface area (Å²) < 4.78 is 0. The molecule has 6 heteroatoms. The largest absolute Gasteiger partial charge is 0.319 e. The van der Waals surface area contributed by atoms with Crippen molar-refractivity contribution in [1.82, 2.24) is 0 Å². The molecule has 0 saturated carbocycles. The number of carbonyl (C=O) groups is 1. The highest BCUT2D eigenvalue weighted by molar-refractivity contribution is 8.00. The van der Waals surface area contributed by atoms with E-state index < -0.39 is 4.92 Å². The van der Waals surface area contributed by atoms with Crippen LogP contribution in [0.2, 0.25) is 0 Å². The number of nitrogens with one attached hydrogen (secondary N) is 1. The first kappa shape index (κ1) is 17.0. The molecule has 0 fully saturated rings. The SMILES string of the molecule is Cc1ccc(S[C@@H](C)C(=O)Nc2ccccc2[N+](=O)[O-])cc1C. The van der Waals surface area contributed by atoms with Crippen molar-refractivity contribution in [2.24, 2.45) is 0 Å². The molecule has 0 unspecified atom stereocenters. The number of nitrogens with zero attached hydrogens (tertiary/aromatic N) is 1. The van der Waals surface area contributed by atoms with Gasteiger partial charge in [0, 0.05) is 11.0 Å². The van der Waals surface area contributed by atoms with Crippen LogP contribution in [0.5, 0.6) is 0 Å². The Balaban J connectivity index is 2.08. The molecule has 0 heterocycles. The molecule has 1 atom stereocenters. The number of hydrogen-bond acceptors (Lipinski definition) is 4. The predicted molar refractivity (Wildman–Crippen MR) is 93.0 cm³/mol. The molecular formula is C17H18N2O3S. The Bertz CT molecular complexity index is 746. The van der Waals surface area contributed by atoms with E-state index in [0.29, 0.717) is 0 Å². The maximum atomic E-state index is 12.3. The van der Waals surface area contributed by atoms with Crippen LogP contribution >= 0.6 is 11.8 Å². The molecule has 23 heavy (non-hydrogen) atoms. The molecule has 0 aliphatic rings. The standard InChI is InChI=1S/C17H18N2O3S/c1-11-8-9-14(10-12(11)2)23-13(3)17(20)18-15-6-4-5-7-16(15)19(21)22/h4-10,13H,1-3H3,(H,18,20)/t13-/m0/s1. The van der Waals surface area contributed by atoms with Crippen LogP contribution < -0.4 is 5.32 Å². The fourth-order valence-corrected chi connectivity index (χ4v) is 2.98. The van der Waals surface area contributed by atoms with Gasteiger partial charge in [-0.2, -0.15) is 0 Å². The lowest BCUT2D eigenvalue weighted by molar-refractivity contribution is -0.383. The van der Waals surface area contributed by atoms with Crippen molar-refractivity contribution in [1.29, 1.82) is 0 Å². The van der Waals surface area contributed by atoms with Crippen LogP contribution in [0.25, 0.3) is 0 Å². The molecule has 0 aromatic heterocycles. The lowest BCUT2D eigenvalue weighted by atomic mass is 10.1. The van der Waals surface area contributed by atoms with Gasteiger partial charge >= 0.3 is 0 Å². The van der Waals surface area contributed by atoms with Crippen molar-refractivity contribution in [3.63, 3.8) is 0 Å². The van der Waals surface area contributed by atoms with Gasteiger partial charge in [0.2, 0.25) is 5.91 Å². The monoisotopic (exact) mass is 330 g/mol. The number of hydrogen-bond donors (Lipinski definition) is 1. The number of nitro groups is 1. The van der Waals surface area contributed by atoms with Gasteiger partial charge in [0.1, 0.15) is 5.69 Å². The quantitative estimate of drug-likeness (QED) is 0.503. The van der Waals surface area contributed by atoms with Crippen LogP contribution in [0.15, 0.2) is 47.4 Å². The smallest absolute Gasteiger partial charge is 0.292 e. The summed E-state index contributed by atoms with van der Waals surface area (Å²) in [6.45, 7) is 5.84. The zero-order valence-corrected chi connectivity index (χ0v) is 14.0. The maximum absolute atomic E-state index is 12.3. The first-order valence-corrected chi connectivity index (χ1v) is 8.04. The molecule has 1 amide bonds. The second kappa shape index (κ2) is 7.28. The van der Waals surface area contributed by atoms with E-state index in [1.165, 1.54) is 35.0 Å². The molecule has 2 aromatic carbocycles. The molecule has 1 N–H and O–H groups in total. The summed E-state index contributed by atoms with van der Waals surface area (Å²) in [5.74, 6) is -0.262. The van der Waals surface area contributed by atoms with Crippen molar-refractivity contribution in [3.8, 4) is 0 Å². The molecule has 0 radical (unpaired) electrons. The van der Waals surface area contributed by atoms with E-state index in [0.717, 1.165) is 4.90 Å². The molecule has 2 aromatic rings. The Morgan fingerprint density at radius 1 is 1.17 bits per heavy atom. The molecule has 0 aliphatic heterocycles. The van der Waals surface area contributed by atoms with Gasteiger partial charge in [0.05, 0.1) is 10.2 Å². The Kier molecular flexibility index (Phi) is 5.39. The van der Waals surface area contributed by atoms with Crippen LogP contribution in [0.3, 0.4) is 0 Å². The number of para-hydroxylation sites is 2. The topological polar surface area (TPSA) is 72.2 Å². The molecule has 5 nitrogen and oxygen atoms in total. The van der Waals surface area contributed by atoms with E-state index in [1.807, 2.05) is 32.0 Å². The second-order valence-corrected chi connectivity index (χ2v) is 6.68. The summed E-state index contributed by atoms with van der Waals surface area (Å²) in [7, 11) is 0. The highest BCUT2D eigenvalue weighted by Crippen LogP contribution is 2.28. The molecule has 120 valence electrons. The van der Waals surface area contributed by atoms with Gasteiger partial charge in [0.15, 0.2) is 0 Å². The summed E-state index contributed by atoms with van der Waals surface area (Å²) in [6.07, 6.45) is 0. The lowest BCUT2D eigenvalue weighted by Gasteiger charge is -2.13. The van der Waals surface area contributed by atoms with E-state index in [9.17, 15) is 14.9 Å². The van der Waals surface area contributed by atoms with Gasteiger partial charge in [0.25, 0.3) is 5.69 Å². The van der Waals surface area contributed by atoms with Gasteiger partial charge in [-0.1, -0.05) is 18.2 Å². The molecule has 0 spiro atoms. The summed E-state index contributed by atoms with van der Waals surface area (Å²) >= 11 is 1.43. The van der Waals surface area contributed by atoms with Crippen LogP contribution in [-0.2, 0) is 4.79 Å². The van der Waals surface area contributed by atoms with Crippen LogP contribution in [0, 0.1) is 24.0 Å². The second-order valence-electron chi connectivity index (χ2n) is 5.27. The van der Waals surface area contributed by atoms with Gasteiger partial charge in [-0.05, 0) is 50.1 Å². The van der Waals surface area contributed by atoms with E-state index in [4.69, 9.17) is 0 Å². The van der Waals surface area contributed by atoms with Crippen LogP contribution in [0.4, 0.5) is 11.4 Å². The normalized spacial score (nSPS) is 11.8. The molecular weight excluding hydrogens is 312 g/mol. The van der Waals surface area contributed by atoms with Gasteiger partial charge in [-0.15, -0.1) is 11.8 Å². The van der Waals surface area contributed by atoms with Crippen molar-refractivity contribution >= 4 is 29.0 Å². The van der Waals surface area contributed by atoms with Crippen LogP contribution in [0.1, 0.15) is 18.1 Å². The number of thioether (sulfide) groups is 1. The van der Waals surface area contributed by atoms with Crippen LogP contribution in [-0.4, -0.2) is 16.1 Å². The first-order valence-electron chi connectivity index (χ1n) is 7.16. The van der Waals surface area contributed by atoms with E-state index >= 15 is 0 Å². The summed E-state index contributed by atoms with van der Waals surface area (Å²) in [5.41, 5.74) is 2.48. The fraction of sp³-hybridized carbons (Fsp3) is 0.235. The lowest BCUT2D eigenvalue weighted by Crippen LogP contribution is -2.22. The Labute approximate surface area is 139 Å². The number of aryl methyl sites for hydroxylation is 2. The third-order valence-corrected chi connectivity index (χ3v) is 4.61. The van der Waals surface area contributed by atoms with E-state index in [1.54, 1.807) is 19.1 Å². The molecule has 0 bridgehead atoms. The minimum Gasteiger partial charge on any atom is -0.319 e. The predicted octanol–water partition coefficient (Wildman–Crippen LogP) is 4.33. The summed E-state index contributed by atoms with van der Waals surface area (Å²) in [6, 6.07) is 12.2. The van der Waals surface area contributed by atoms with Crippen molar-refractivity contribution in [2.45, 2.75) is 30.9 Å². The Morgan fingerprint density at radius 3 is 2.52 bits per heavy atom. The van der Waals surface area contributed by atoms with E-state index in [-0.39, 0.29) is 22.5 Å². The molecule has 0 saturated heterocycles. The van der Waals surface area contributed by atoms with Gasteiger partial charge < -0.3 is 5.32 Å². The third kappa shape index (κ3) is 4.32. The summed E-state index contributed by atoms with van der Waals surface area (Å²) in [4.78, 5) is 23.8. The zero-order valence-electron chi connectivity index (χ0n) is 13.2. The number of anilines is 1. The number of benzene rings is 2. The minimum absolute atomic E-state index is 0.107. The Morgan fingerprint density at radius 2 is 1.87 bits per heavy atom. The first-order chi connectivity index (χ1) is 10.9. The minimum atomic E-state index is -0.503. The van der Waals surface area contributed by atoms with Gasteiger partial charge in [-0.25, -0.2) is 0 Å². The van der Waals surface area contributed by atoms with Crippen molar-refractivity contribution in [2.75, 3.05) is 5.32 Å². The number of nitro benzene ring substituents is 1. The van der Waals surface area contributed by atoms with Crippen molar-refractivity contribution in [3.05, 3.63) is 63.7 Å². The maximum Gasteiger partial charge on any atom is 0.292 e. The number of amides is 1. The Hall–Kier alpha value is -2.34. The molecule has 2 rings (SSSR count). The number of rotatable bonds is 5. The summed E-state index contributed by atoms with van der Waals surface area (Å²) in [5, 5.41) is 13.3. The molecule has 0 aliphatic carbocycles.